The fourth-order valence-corrected chi connectivity index (χ4v) is 5.01. The molecule has 1 unspecified atom stereocenters. The second-order valence-electron chi connectivity index (χ2n) is 11.6. The molecule has 12 heteroatoms. The number of carbonyl (C=O) groups is 5. The summed E-state index contributed by atoms with van der Waals surface area (Å²) in [7, 11) is 0. The third-order valence-electron chi connectivity index (χ3n) is 6.98. The van der Waals surface area contributed by atoms with E-state index >= 15 is 0 Å². The van der Waals surface area contributed by atoms with Gasteiger partial charge in [-0.25, -0.2) is 0 Å². The van der Waals surface area contributed by atoms with Crippen LogP contribution in [-0.2, 0) is 42.8 Å². The number of esters is 1. The number of benzene rings is 1. The molecular formula is C32H45NO11. The minimum absolute atomic E-state index is 0.141. The lowest BCUT2D eigenvalue weighted by Gasteiger charge is -2.23. The molecular weight excluding hydrogens is 574 g/mol. The first-order valence-electron chi connectivity index (χ1n) is 15.2. The van der Waals surface area contributed by atoms with E-state index in [2.05, 4.69) is 5.32 Å². The van der Waals surface area contributed by atoms with Crippen molar-refractivity contribution in [3.63, 3.8) is 0 Å². The summed E-state index contributed by atoms with van der Waals surface area (Å²) in [6.07, 6.45) is 0.463. The van der Waals surface area contributed by atoms with Crippen molar-refractivity contribution >= 4 is 34.8 Å². The van der Waals surface area contributed by atoms with Crippen LogP contribution < -0.4 is 5.32 Å². The molecule has 0 heterocycles. The molecule has 3 rings (SSSR count). The molecule has 1 saturated carbocycles. The average molecular weight is 620 g/mol. The summed E-state index contributed by atoms with van der Waals surface area (Å²) in [5.41, 5.74) is 0.672. The van der Waals surface area contributed by atoms with E-state index in [1.54, 1.807) is 18.2 Å². The van der Waals surface area contributed by atoms with Gasteiger partial charge in [0.15, 0.2) is 11.6 Å². The van der Waals surface area contributed by atoms with E-state index in [0.717, 1.165) is 0 Å². The molecule has 2 atom stereocenters. The maximum atomic E-state index is 13.2. The van der Waals surface area contributed by atoms with Crippen LogP contribution in [0, 0.1) is 11.8 Å². The normalized spacial score (nSPS) is 18.5. The van der Waals surface area contributed by atoms with Crippen molar-refractivity contribution in [2.24, 2.45) is 11.8 Å². The molecule has 0 aliphatic heterocycles. The van der Waals surface area contributed by atoms with Gasteiger partial charge in [-0.2, -0.15) is 0 Å². The summed E-state index contributed by atoms with van der Waals surface area (Å²) in [5.74, 6) is -3.22. The van der Waals surface area contributed by atoms with Crippen molar-refractivity contribution in [3.8, 4) is 0 Å². The Hall–Kier alpha value is -3.03. The van der Waals surface area contributed by atoms with Crippen LogP contribution in [0.4, 0.5) is 5.69 Å². The topological polar surface area (TPSA) is 153 Å². The Labute approximate surface area is 258 Å². The minimum Gasteiger partial charge on any atom is -0.460 e. The first-order chi connectivity index (χ1) is 21.1. The van der Waals surface area contributed by atoms with Gasteiger partial charge in [-0.15, -0.1) is 0 Å². The van der Waals surface area contributed by atoms with Gasteiger partial charge in [0.2, 0.25) is 0 Å². The summed E-state index contributed by atoms with van der Waals surface area (Å²) >= 11 is 0. The molecule has 2 aliphatic carbocycles. The second kappa shape index (κ2) is 18.1. The second-order valence-corrected chi connectivity index (χ2v) is 11.6. The number of ketones is 4. The van der Waals surface area contributed by atoms with E-state index in [9.17, 15) is 24.0 Å². The molecule has 0 aromatic heterocycles. The van der Waals surface area contributed by atoms with E-state index in [1.165, 1.54) is 0 Å². The summed E-state index contributed by atoms with van der Waals surface area (Å²) in [6.45, 7) is 9.81. The molecule has 244 valence electrons. The summed E-state index contributed by atoms with van der Waals surface area (Å²) in [5, 5.41) is 3.16. The number of hydrogen-bond donors (Lipinski definition) is 1. The van der Waals surface area contributed by atoms with Crippen molar-refractivity contribution in [1.29, 1.82) is 0 Å². The highest BCUT2D eigenvalue weighted by molar-refractivity contribution is 6.30. The van der Waals surface area contributed by atoms with Crippen molar-refractivity contribution in [2.45, 2.75) is 52.1 Å². The zero-order valence-corrected chi connectivity index (χ0v) is 26.0. The van der Waals surface area contributed by atoms with Crippen LogP contribution in [-0.4, -0.2) is 107 Å². The van der Waals surface area contributed by atoms with Gasteiger partial charge in [0.1, 0.15) is 17.2 Å². The fraction of sp³-hybridized carbons (Fsp3) is 0.656. The van der Waals surface area contributed by atoms with Crippen molar-refractivity contribution in [3.05, 3.63) is 29.3 Å². The van der Waals surface area contributed by atoms with Gasteiger partial charge in [-0.3, -0.25) is 24.0 Å². The molecule has 0 amide bonds. The zero-order valence-electron chi connectivity index (χ0n) is 26.0. The highest BCUT2D eigenvalue weighted by Gasteiger charge is 2.48. The first-order valence-corrected chi connectivity index (χ1v) is 15.2. The Balaban J connectivity index is 1.17. The van der Waals surface area contributed by atoms with Gasteiger partial charge < -0.3 is 33.7 Å². The van der Waals surface area contributed by atoms with E-state index in [-0.39, 0.29) is 54.8 Å². The van der Waals surface area contributed by atoms with E-state index in [4.69, 9.17) is 28.4 Å². The zero-order chi connectivity index (χ0) is 32.0. The number of Topliss-reactive ketones (excluding diaryl/α,β-unsaturated/α-hetero) is 4. The summed E-state index contributed by atoms with van der Waals surface area (Å²) in [6, 6.07) is 5.04. The van der Waals surface area contributed by atoms with E-state index < -0.39 is 17.4 Å². The number of carbonyl (C=O) groups excluding carboxylic acids is 5. The number of rotatable bonds is 20. The highest BCUT2D eigenvalue weighted by atomic mass is 16.6. The van der Waals surface area contributed by atoms with Gasteiger partial charge >= 0.3 is 5.97 Å². The van der Waals surface area contributed by atoms with Crippen LogP contribution in [0.25, 0.3) is 0 Å². The smallest absolute Gasteiger partial charge is 0.308 e. The predicted molar refractivity (Wildman–Crippen MR) is 159 cm³/mol. The third kappa shape index (κ3) is 11.5. The van der Waals surface area contributed by atoms with Gasteiger partial charge in [0.05, 0.1) is 90.4 Å². The van der Waals surface area contributed by atoms with Gasteiger partial charge in [0, 0.05) is 30.1 Å². The molecule has 44 heavy (non-hydrogen) atoms. The Morgan fingerprint density at radius 3 is 1.93 bits per heavy atom. The molecule has 0 spiro atoms. The maximum absolute atomic E-state index is 13.2. The molecule has 0 saturated heterocycles. The van der Waals surface area contributed by atoms with Crippen molar-refractivity contribution in [2.75, 3.05) is 77.9 Å². The van der Waals surface area contributed by atoms with Crippen LogP contribution in [0.2, 0.25) is 0 Å². The summed E-state index contributed by atoms with van der Waals surface area (Å²) < 4.78 is 32.5. The molecule has 1 aromatic rings. The number of hydrogen-bond acceptors (Lipinski definition) is 12. The number of ether oxygens (including phenoxy) is 6. The SMILES string of the molecule is CC(C)(C)OC(=O)CCOCCOCCOCCOCCOCCNc1cccc2c1C(=O)[C@H](C1CCC(=O)CC1=O)C2=O. The molecule has 2 aliphatic rings. The molecule has 1 fully saturated rings. The quantitative estimate of drug-likeness (QED) is 0.130. The third-order valence-corrected chi connectivity index (χ3v) is 6.98. The lowest BCUT2D eigenvalue weighted by molar-refractivity contribution is -0.156. The Morgan fingerprint density at radius 2 is 1.36 bits per heavy atom. The maximum Gasteiger partial charge on any atom is 0.308 e. The van der Waals surface area contributed by atoms with Gasteiger partial charge in [0.25, 0.3) is 0 Å². The highest BCUT2D eigenvalue weighted by Crippen LogP contribution is 2.39. The standard InChI is InChI=1S/C32H45NO11/c1-32(2,3)44-27(36)9-11-39-13-15-41-17-19-43-20-18-42-16-14-40-12-10-33-25-6-4-5-24-28(25)31(38)29(30(24)37)23-8-7-22(34)21-26(23)35/h4-6,23,29,33H,7-21H2,1-3H3/t23?,29-/m1/s1. The van der Waals surface area contributed by atoms with Crippen LogP contribution in [0.1, 0.15) is 67.2 Å². The molecule has 0 bridgehead atoms. The fourth-order valence-electron chi connectivity index (χ4n) is 5.01. The van der Waals surface area contributed by atoms with Crippen LogP contribution in [0.5, 0.6) is 0 Å². The Kier molecular flexibility index (Phi) is 14.6. The lowest BCUT2D eigenvalue weighted by atomic mass is 9.76. The Morgan fingerprint density at radius 1 is 0.795 bits per heavy atom. The van der Waals surface area contributed by atoms with E-state index in [1.807, 2.05) is 20.8 Å². The predicted octanol–water partition coefficient (Wildman–Crippen LogP) is 2.85. The minimum atomic E-state index is -1.04. The average Bonchev–Trinajstić information content (AvgIpc) is 3.21. The number of fused-ring (bicyclic) bond motifs is 1. The first kappa shape index (κ1) is 35.4. The van der Waals surface area contributed by atoms with Crippen molar-refractivity contribution < 1.29 is 52.4 Å². The largest absolute Gasteiger partial charge is 0.460 e. The molecule has 12 nitrogen and oxygen atoms in total. The van der Waals surface area contributed by atoms with Gasteiger partial charge in [-0.05, 0) is 33.3 Å². The number of anilines is 1. The van der Waals surface area contributed by atoms with Crippen LogP contribution in [0.15, 0.2) is 18.2 Å². The summed E-state index contributed by atoms with van der Waals surface area (Å²) in [4.78, 5) is 61.8. The molecule has 1 aromatic carbocycles. The van der Waals surface area contributed by atoms with Gasteiger partial charge in [-0.1, -0.05) is 12.1 Å². The number of nitrogens with one attached hydrogen (secondary N) is 1. The van der Waals surface area contributed by atoms with Crippen molar-refractivity contribution in [1.82, 2.24) is 0 Å². The van der Waals surface area contributed by atoms with Crippen LogP contribution >= 0.6 is 0 Å². The van der Waals surface area contributed by atoms with Crippen LogP contribution in [0.3, 0.4) is 0 Å². The Bertz CT molecular complexity index is 1140. The molecule has 1 N–H and O–H groups in total. The lowest BCUT2D eigenvalue weighted by Crippen LogP contribution is -2.36. The van der Waals surface area contributed by atoms with E-state index in [0.29, 0.717) is 89.4 Å². The molecule has 0 radical (unpaired) electrons. The monoisotopic (exact) mass is 619 g/mol.